The molecule has 0 radical (unpaired) electrons. The summed E-state index contributed by atoms with van der Waals surface area (Å²) in [5.74, 6) is 0. The van der Waals surface area contributed by atoms with Crippen LogP contribution in [0.2, 0.25) is 0 Å². The van der Waals surface area contributed by atoms with E-state index in [0.29, 0.717) is 5.70 Å². The highest BCUT2D eigenvalue weighted by Crippen LogP contribution is 2.13. The van der Waals surface area contributed by atoms with Gasteiger partial charge in [0.2, 0.25) is 6.23 Å². The van der Waals surface area contributed by atoms with Crippen molar-refractivity contribution in [3.8, 4) is 0 Å². The molecule has 4 nitrogen and oxygen atoms in total. The smallest absolute Gasteiger partial charge is 0.247 e. The summed E-state index contributed by atoms with van der Waals surface area (Å²) in [5.41, 5.74) is 13.5. The molecule has 10 heavy (non-hydrogen) atoms. The van der Waals surface area contributed by atoms with Crippen LogP contribution in [0.1, 0.15) is 6.92 Å². The second-order valence-electron chi connectivity index (χ2n) is 2.12. The molecule has 1 atom stereocenters. The molecule has 4 heteroatoms. The Bertz CT molecular complexity index is 207. The minimum atomic E-state index is -0.608. The second kappa shape index (κ2) is 2.51. The Morgan fingerprint density at radius 3 is 3.00 bits per heavy atom. The minimum absolute atomic E-state index is 0.481. The predicted octanol–water partition coefficient (Wildman–Crippen LogP) is 1.12. The summed E-state index contributed by atoms with van der Waals surface area (Å²) in [6.45, 7) is 1.87. The SMILES string of the molecule is CC1=COC(N=N)C(N)=C1. The zero-order chi connectivity index (χ0) is 7.56. The van der Waals surface area contributed by atoms with Crippen LogP contribution in [-0.4, -0.2) is 6.23 Å². The number of hydrogen-bond acceptors (Lipinski definition) is 4. The topological polar surface area (TPSA) is 71.5 Å². The Balaban J connectivity index is 2.77. The van der Waals surface area contributed by atoms with Gasteiger partial charge < -0.3 is 10.5 Å². The number of hydrogen-bond donors (Lipinski definition) is 2. The fourth-order valence-corrected chi connectivity index (χ4v) is 0.724. The third-order valence-electron chi connectivity index (χ3n) is 1.18. The van der Waals surface area contributed by atoms with Gasteiger partial charge in [-0.15, -0.1) is 5.11 Å². The molecule has 1 heterocycles. The molecule has 0 bridgehead atoms. The van der Waals surface area contributed by atoms with Crippen LogP contribution in [0.4, 0.5) is 0 Å². The van der Waals surface area contributed by atoms with Crippen LogP contribution in [0.3, 0.4) is 0 Å². The van der Waals surface area contributed by atoms with Crippen LogP contribution in [0.5, 0.6) is 0 Å². The van der Waals surface area contributed by atoms with E-state index in [9.17, 15) is 0 Å². The number of nitrogens with one attached hydrogen (secondary N) is 1. The van der Waals surface area contributed by atoms with Crippen molar-refractivity contribution in [1.82, 2.24) is 0 Å². The Morgan fingerprint density at radius 1 is 1.80 bits per heavy atom. The average molecular weight is 139 g/mol. The van der Waals surface area contributed by atoms with Crippen molar-refractivity contribution in [2.24, 2.45) is 10.8 Å². The molecule has 0 aliphatic carbocycles. The van der Waals surface area contributed by atoms with Crippen molar-refractivity contribution in [2.45, 2.75) is 13.2 Å². The molecule has 0 saturated heterocycles. The van der Waals surface area contributed by atoms with Crippen molar-refractivity contribution in [1.29, 1.82) is 5.53 Å². The molecule has 3 N–H and O–H groups in total. The van der Waals surface area contributed by atoms with Crippen molar-refractivity contribution in [3.05, 3.63) is 23.6 Å². The Labute approximate surface area is 58.9 Å². The maximum atomic E-state index is 6.64. The maximum absolute atomic E-state index is 6.64. The molecule has 0 amide bonds. The molecule has 1 aliphatic heterocycles. The van der Waals surface area contributed by atoms with Crippen LogP contribution in [-0.2, 0) is 4.74 Å². The van der Waals surface area contributed by atoms with Gasteiger partial charge >= 0.3 is 0 Å². The molecule has 1 aliphatic rings. The van der Waals surface area contributed by atoms with Crippen molar-refractivity contribution in [2.75, 3.05) is 0 Å². The summed E-state index contributed by atoms with van der Waals surface area (Å²) in [7, 11) is 0. The van der Waals surface area contributed by atoms with Gasteiger partial charge in [-0.3, -0.25) is 0 Å². The van der Waals surface area contributed by atoms with Crippen LogP contribution < -0.4 is 5.73 Å². The second-order valence-corrected chi connectivity index (χ2v) is 2.12. The van der Waals surface area contributed by atoms with Crippen molar-refractivity contribution in [3.63, 3.8) is 0 Å². The van der Waals surface area contributed by atoms with Crippen LogP contribution in [0.25, 0.3) is 0 Å². The lowest BCUT2D eigenvalue weighted by Gasteiger charge is -2.15. The molecular weight excluding hydrogens is 130 g/mol. The third-order valence-corrected chi connectivity index (χ3v) is 1.18. The van der Waals surface area contributed by atoms with E-state index >= 15 is 0 Å². The van der Waals surface area contributed by atoms with Crippen molar-refractivity contribution >= 4 is 0 Å². The Morgan fingerprint density at radius 2 is 2.50 bits per heavy atom. The van der Waals surface area contributed by atoms with Gasteiger partial charge in [-0.2, -0.15) is 0 Å². The van der Waals surface area contributed by atoms with Gasteiger partial charge in [-0.05, 0) is 18.6 Å². The van der Waals surface area contributed by atoms with Crippen molar-refractivity contribution < 1.29 is 4.74 Å². The standard InChI is InChI=1S/C6H9N3O/c1-4-2-5(7)6(9-8)10-3-4/h2-3,6,8H,7H2,1H3. The first kappa shape index (κ1) is 6.80. The Kier molecular flexibility index (Phi) is 1.71. The summed E-state index contributed by atoms with van der Waals surface area (Å²) in [4.78, 5) is 0. The molecule has 0 fully saturated rings. The average Bonchev–Trinajstić information content (AvgIpc) is 1.88. The molecule has 0 aromatic carbocycles. The predicted molar refractivity (Wildman–Crippen MR) is 36.0 cm³/mol. The number of nitrogens with zero attached hydrogens (tertiary/aromatic N) is 1. The molecule has 1 unspecified atom stereocenters. The normalized spacial score (nSPS) is 24.3. The van der Waals surface area contributed by atoms with Gasteiger partial charge in [0.1, 0.15) is 0 Å². The molecule has 1 rings (SSSR count). The number of nitrogens with two attached hydrogens (primary N) is 1. The first-order valence-electron chi connectivity index (χ1n) is 2.90. The fourth-order valence-electron chi connectivity index (χ4n) is 0.724. The van der Waals surface area contributed by atoms with E-state index in [2.05, 4.69) is 5.11 Å². The van der Waals surface area contributed by atoms with Crippen LogP contribution in [0, 0.1) is 5.53 Å². The van der Waals surface area contributed by atoms with Gasteiger partial charge in [-0.25, -0.2) is 5.53 Å². The lowest BCUT2D eigenvalue weighted by atomic mass is 10.2. The molecule has 54 valence electrons. The largest absolute Gasteiger partial charge is 0.469 e. The van der Waals surface area contributed by atoms with E-state index in [4.69, 9.17) is 16.0 Å². The summed E-state index contributed by atoms with van der Waals surface area (Å²) in [6.07, 6.45) is 2.68. The lowest BCUT2D eigenvalue weighted by molar-refractivity contribution is 0.166. The number of ether oxygens (including phenoxy) is 1. The van der Waals surface area contributed by atoms with E-state index in [1.165, 1.54) is 0 Å². The van der Waals surface area contributed by atoms with E-state index in [1.54, 1.807) is 12.3 Å². The molecule has 0 aromatic rings. The highest BCUT2D eigenvalue weighted by Gasteiger charge is 2.12. The molecule has 0 saturated carbocycles. The quantitative estimate of drug-likeness (QED) is 0.534. The highest BCUT2D eigenvalue weighted by molar-refractivity contribution is 5.23. The first-order valence-corrected chi connectivity index (χ1v) is 2.90. The Hall–Kier alpha value is -1.32. The maximum Gasteiger partial charge on any atom is 0.247 e. The monoisotopic (exact) mass is 139 g/mol. The summed E-state index contributed by atoms with van der Waals surface area (Å²) < 4.78 is 4.94. The number of rotatable bonds is 1. The van der Waals surface area contributed by atoms with E-state index in [-0.39, 0.29) is 0 Å². The third kappa shape index (κ3) is 1.15. The van der Waals surface area contributed by atoms with Gasteiger partial charge in [0.05, 0.1) is 12.0 Å². The highest BCUT2D eigenvalue weighted by atomic mass is 16.5. The summed E-state index contributed by atoms with van der Waals surface area (Å²) >= 11 is 0. The summed E-state index contributed by atoms with van der Waals surface area (Å²) in [6, 6.07) is 0. The van der Waals surface area contributed by atoms with E-state index < -0.39 is 6.23 Å². The molecular formula is C6H9N3O. The van der Waals surface area contributed by atoms with E-state index in [1.807, 2.05) is 6.92 Å². The lowest BCUT2D eigenvalue weighted by Crippen LogP contribution is -2.19. The van der Waals surface area contributed by atoms with Gasteiger partial charge in [0, 0.05) is 0 Å². The summed E-state index contributed by atoms with van der Waals surface area (Å²) in [5, 5.41) is 3.15. The fraction of sp³-hybridized carbons (Fsp3) is 0.333. The van der Waals surface area contributed by atoms with Crippen LogP contribution in [0.15, 0.2) is 28.7 Å². The van der Waals surface area contributed by atoms with Crippen LogP contribution >= 0.6 is 0 Å². The molecule has 0 aromatic heterocycles. The first-order chi connectivity index (χ1) is 4.74. The molecule has 0 spiro atoms. The van der Waals surface area contributed by atoms with Gasteiger partial charge in [0.25, 0.3) is 0 Å². The number of allylic oxidation sites excluding steroid dienone is 2. The van der Waals surface area contributed by atoms with Gasteiger partial charge in [0.15, 0.2) is 0 Å². The van der Waals surface area contributed by atoms with Gasteiger partial charge in [-0.1, -0.05) is 0 Å². The van der Waals surface area contributed by atoms with E-state index in [0.717, 1.165) is 5.57 Å². The zero-order valence-electron chi connectivity index (χ0n) is 5.66. The zero-order valence-corrected chi connectivity index (χ0v) is 5.66. The minimum Gasteiger partial charge on any atom is -0.469 e.